The van der Waals surface area contributed by atoms with E-state index in [1.54, 1.807) is 7.11 Å². The summed E-state index contributed by atoms with van der Waals surface area (Å²) < 4.78 is 5.38. The van der Waals surface area contributed by atoms with Gasteiger partial charge in [0.05, 0.1) is 12.7 Å². The van der Waals surface area contributed by atoms with E-state index in [1.807, 2.05) is 28.0 Å². The summed E-state index contributed by atoms with van der Waals surface area (Å²) in [5.41, 5.74) is 1.73. The number of carbonyl (C=O) groups excluding carboxylic acids is 2. The van der Waals surface area contributed by atoms with Crippen LogP contribution in [0.3, 0.4) is 0 Å². The van der Waals surface area contributed by atoms with Gasteiger partial charge in [-0.25, -0.2) is 0 Å². The fraction of sp³-hybridized carbons (Fsp3) is 0.600. The van der Waals surface area contributed by atoms with E-state index < -0.39 is 0 Å². The van der Waals surface area contributed by atoms with E-state index in [2.05, 4.69) is 20.8 Å². The number of ether oxygens (including phenoxy) is 1. The smallest absolute Gasteiger partial charge is 0.257 e. The first-order valence-electron chi connectivity index (χ1n) is 9.20. The second kappa shape index (κ2) is 8.88. The maximum absolute atomic E-state index is 13.0. The molecule has 1 saturated heterocycles. The SMILES string of the molecule is CCc1ccc(OC)c(C(=O)N2CCCN(C(=O)CC(C)C)CC2)c1. The summed E-state index contributed by atoms with van der Waals surface area (Å²) in [5.74, 6) is 1.15. The lowest BCUT2D eigenvalue weighted by molar-refractivity contribution is -0.131. The molecule has 0 spiro atoms. The Morgan fingerprint density at radius 3 is 2.44 bits per heavy atom. The molecule has 138 valence electrons. The van der Waals surface area contributed by atoms with E-state index in [-0.39, 0.29) is 11.8 Å². The van der Waals surface area contributed by atoms with Crippen LogP contribution in [-0.4, -0.2) is 54.9 Å². The van der Waals surface area contributed by atoms with Gasteiger partial charge in [0.1, 0.15) is 5.75 Å². The third kappa shape index (κ3) is 4.97. The van der Waals surface area contributed by atoms with Gasteiger partial charge in [-0.2, -0.15) is 0 Å². The molecule has 1 aromatic rings. The van der Waals surface area contributed by atoms with Gasteiger partial charge in [0.25, 0.3) is 5.91 Å². The van der Waals surface area contributed by atoms with Gasteiger partial charge in [-0.1, -0.05) is 26.8 Å². The standard InChI is InChI=1S/C20H30N2O3/c1-5-16-7-8-18(25-4)17(14-16)20(24)22-10-6-9-21(11-12-22)19(23)13-15(2)3/h7-8,14-15H,5-6,9-13H2,1-4H3. The zero-order valence-electron chi connectivity index (χ0n) is 15.9. The Morgan fingerprint density at radius 1 is 1.12 bits per heavy atom. The summed E-state index contributed by atoms with van der Waals surface area (Å²) in [6, 6.07) is 5.78. The Bertz CT molecular complexity index is 613. The first-order chi connectivity index (χ1) is 12.0. The molecule has 0 unspecified atom stereocenters. The third-order valence-corrected chi connectivity index (χ3v) is 4.62. The van der Waals surface area contributed by atoms with Crippen LogP contribution >= 0.6 is 0 Å². The fourth-order valence-electron chi connectivity index (χ4n) is 3.16. The Hall–Kier alpha value is -2.04. The highest BCUT2D eigenvalue weighted by atomic mass is 16.5. The molecule has 0 atom stereocenters. The Morgan fingerprint density at radius 2 is 1.80 bits per heavy atom. The zero-order valence-corrected chi connectivity index (χ0v) is 15.9. The summed E-state index contributed by atoms with van der Waals surface area (Å²) in [7, 11) is 1.59. The van der Waals surface area contributed by atoms with Crippen LogP contribution in [0.2, 0.25) is 0 Å². The van der Waals surface area contributed by atoms with Crippen molar-refractivity contribution in [3.8, 4) is 5.75 Å². The number of hydrogen-bond acceptors (Lipinski definition) is 3. The Labute approximate surface area is 150 Å². The van der Waals surface area contributed by atoms with E-state index in [4.69, 9.17) is 4.74 Å². The molecule has 25 heavy (non-hydrogen) atoms. The van der Waals surface area contributed by atoms with E-state index in [0.717, 1.165) is 24.9 Å². The third-order valence-electron chi connectivity index (χ3n) is 4.62. The van der Waals surface area contributed by atoms with Crippen molar-refractivity contribution in [1.29, 1.82) is 0 Å². The molecule has 5 nitrogen and oxygen atoms in total. The van der Waals surface area contributed by atoms with Gasteiger partial charge in [-0.3, -0.25) is 9.59 Å². The summed E-state index contributed by atoms with van der Waals surface area (Å²) in [6.07, 6.45) is 2.26. The fourth-order valence-corrected chi connectivity index (χ4v) is 3.16. The highest BCUT2D eigenvalue weighted by Crippen LogP contribution is 2.23. The highest BCUT2D eigenvalue weighted by molar-refractivity contribution is 5.97. The van der Waals surface area contributed by atoms with Crippen molar-refractivity contribution in [2.75, 3.05) is 33.3 Å². The number of benzene rings is 1. The molecule has 0 radical (unpaired) electrons. The van der Waals surface area contributed by atoms with Crippen LogP contribution in [0.5, 0.6) is 5.75 Å². The quantitative estimate of drug-likeness (QED) is 0.823. The lowest BCUT2D eigenvalue weighted by Gasteiger charge is -2.23. The average Bonchev–Trinajstić information content (AvgIpc) is 2.86. The molecule has 1 fully saturated rings. The summed E-state index contributed by atoms with van der Waals surface area (Å²) in [5, 5.41) is 0. The van der Waals surface area contributed by atoms with E-state index >= 15 is 0 Å². The molecule has 0 aromatic heterocycles. The van der Waals surface area contributed by atoms with E-state index in [9.17, 15) is 9.59 Å². The van der Waals surface area contributed by atoms with Gasteiger partial charge >= 0.3 is 0 Å². The predicted octanol–water partition coefficient (Wildman–Crippen LogP) is 2.98. The summed E-state index contributed by atoms with van der Waals surface area (Å²) in [4.78, 5) is 29.0. The molecule has 1 aliphatic heterocycles. The Balaban J connectivity index is 2.09. The maximum atomic E-state index is 13.0. The first kappa shape index (κ1) is 19.3. The van der Waals surface area contributed by atoms with Crippen LogP contribution in [0.1, 0.15) is 49.5 Å². The second-order valence-corrected chi connectivity index (χ2v) is 7.01. The van der Waals surface area contributed by atoms with Crippen LogP contribution in [-0.2, 0) is 11.2 Å². The first-order valence-corrected chi connectivity index (χ1v) is 9.20. The van der Waals surface area contributed by atoms with Gasteiger partial charge in [0.15, 0.2) is 0 Å². The molecular formula is C20H30N2O3. The van der Waals surface area contributed by atoms with Crippen LogP contribution < -0.4 is 4.74 Å². The topological polar surface area (TPSA) is 49.9 Å². The number of nitrogens with zero attached hydrogens (tertiary/aromatic N) is 2. The normalized spacial score (nSPS) is 15.2. The number of rotatable bonds is 5. The minimum atomic E-state index is -0.00897. The van der Waals surface area contributed by atoms with Crippen molar-refractivity contribution >= 4 is 11.8 Å². The van der Waals surface area contributed by atoms with Gasteiger partial charge in [-0.05, 0) is 36.5 Å². The Kier molecular flexibility index (Phi) is 6.85. The molecule has 5 heteroatoms. The summed E-state index contributed by atoms with van der Waals surface area (Å²) >= 11 is 0. The highest BCUT2D eigenvalue weighted by Gasteiger charge is 2.25. The molecule has 1 aromatic carbocycles. The van der Waals surface area contributed by atoms with Crippen molar-refractivity contribution in [2.45, 2.75) is 40.0 Å². The van der Waals surface area contributed by atoms with Crippen molar-refractivity contribution in [2.24, 2.45) is 5.92 Å². The number of hydrogen-bond donors (Lipinski definition) is 0. The van der Waals surface area contributed by atoms with Crippen molar-refractivity contribution in [3.05, 3.63) is 29.3 Å². The van der Waals surface area contributed by atoms with E-state index in [1.165, 1.54) is 0 Å². The molecule has 0 bridgehead atoms. The lowest BCUT2D eigenvalue weighted by atomic mass is 10.1. The van der Waals surface area contributed by atoms with Crippen LogP contribution in [0.15, 0.2) is 18.2 Å². The second-order valence-electron chi connectivity index (χ2n) is 7.01. The molecular weight excluding hydrogens is 316 g/mol. The van der Waals surface area contributed by atoms with Crippen molar-refractivity contribution < 1.29 is 14.3 Å². The number of methoxy groups -OCH3 is 1. The molecule has 1 heterocycles. The molecule has 2 rings (SSSR count). The van der Waals surface area contributed by atoms with Crippen LogP contribution in [0, 0.1) is 5.92 Å². The maximum Gasteiger partial charge on any atom is 0.257 e. The molecule has 0 aliphatic carbocycles. The minimum absolute atomic E-state index is 0.00897. The van der Waals surface area contributed by atoms with Gasteiger partial charge in [-0.15, -0.1) is 0 Å². The summed E-state index contributed by atoms with van der Waals surface area (Å²) in [6.45, 7) is 8.75. The lowest BCUT2D eigenvalue weighted by Crippen LogP contribution is -2.37. The molecule has 0 N–H and O–H groups in total. The predicted molar refractivity (Wildman–Crippen MR) is 98.9 cm³/mol. The average molecular weight is 346 g/mol. The van der Waals surface area contributed by atoms with Gasteiger partial charge < -0.3 is 14.5 Å². The minimum Gasteiger partial charge on any atom is -0.496 e. The van der Waals surface area contributed by atoms with E-state index in [0.29, 0.717) is 43.3 Å². The zero-order chi connectivity index (χ0) is 18.4. The number of aryl methyl sites for hydroxylation is 1. The molecule has 1 aliphatic rings. The van der Waals surface area contributed by atoms with Crippen LogP contribution in [0.25, 0.3) is 0 Å². The largest absolute Gasteiger partial charge is 0.496 e. The van der Waals surface area contributed by atoms with Gasteiger partial charge in [0, 0.05) is 32.6 Å². The van der Waals surface area contributed by atoms with Crippen molar-refractivity contribution in [3.63, 3.8) is 0 Å². The number of carbonyl (C=O) groups is 2. The monoisotopic (exact) mass is 346 g/mol. The van der Waals surface area contributed by atoms with Crippen LogP contribution in [0.4, 0.5) is 0 Å². The molecule has 2 amide bonds. The van der Waals surface area contributed by atoms with Crippen molar-refractivity contribution in [1.82, 2.24) is 9.80 Å². The van der Waals surface area contributed by atoms with Gasteiger partial charge in [0.2, 0.25) is 5.91 Å². The molecule has 0 saturated carbocycles. The number of amides is 2.